The number of hydrogen-bond acceptors (Lipinski definition) is 3. The molecule has 0 aliphatic heterocycles. The third-order valence-corrected chi connectivity index (χ3v) is 3.78. The maximum atomic E-state index is 11.7. The van der Waals surface area contributed by atoms with Gasteiger partial charge >= 0.3 is 0 Å². The van der Waals surface area contributed by atoms with Gasteiger partial charge in [-0.05, 0) is 30.1 Å². The van der Waals surface area contributed by atoms with E-state index in [1.54, 1.807) is 0 Å². The van der Waals surface area contributed by atoms with Crippen LogP contribution in [0.15, 0.2) is 0 Å². The van der Waals surface area contributed by atoms with Crippen molar-refractivity contribution >= 4 is 5.91 Å². The maximum Gasteiger partial charge on any atom is 0.221 e. The fourth-order valence-corrected chi connectivity index (χ4v) is 1.79. The molecule has 0 spiro atoms. The van der Waals surface area contributed by atoms with Crippen LogP contribution < -0.4 is 11.1 Å². The Morgan fingerprint density at radius 1 is 1.47 bits per heavy atom. The molecule has 0 saturated heterocycles. The molecule has 0 heterocycles. The summed E-state index contributed by atoms with van der Waals surface area (Å²) in [6, 6.07) is -0.115. The van der Waals surface area contributed by atoms with Gasteiger partial charge in [0, 0.05) is 25.6 Å². The monoisotopic (exact) mass is 242 g/mol. The number of carbonyl (C=O) groups excluding carboxylic acids is 1. The summed E-state index contributed by atoms with van der Waals surface area (Å²) in [5, 5.41) is 11.9. The largest absolute Gasteiger partial charge is 0.396 e. The van der Waals surface area contributed by atoms with E-state index in [9.17, 15) is 4.79 Å². The Bertz CT molecular complexity index is 267. The number of carbonyl (C=O) groups is 1. The second-order valence-corrected chi connectivity index (χ2v) is 6.43. The molecule has 0 aromatic heterocycles. The van der Waals surface area contributed by atoms with E-state index in [2.05, 4.69) is 5.32 Å². The Morgan fingerprint density at radius 2 is 2.06 bits per heavy atom. The molecule has 0 bridgehead atoms. The minimum Gasteiger partial charge on any atom is -0.396 e. The smallest absolute Gasteiger partial charge is 0.221 e. The van der Waals surface area contributed by atoms with Gasteiger partial charge in [-0.15, -0.1) is 0 Å². The highest BCUT2D eigenvalue weighted by Crippen LogP contribution is 2.47. The van der Waals surface area contributed by atoms with Gasteiger partial charge in [0.1, 0.15) is 0 Å². The molecule has 1 fully saturated rings. The average molecular weight is 242 g/mol. The number of hydrogen-bond donors (Lipinski definition) is 3. The van der Waals surface area contributed by atoms with Crippen LogP contribution in [0.5, 0.6) is 0 Å². The van der Waals surface area contributed by atoms with Gasteiger partial charge in [0.25, 0.3) is 0 Å². The van der Waals surface area contributed by atoms with Gasteiger partial charge in [-0.2, -0.15) is 0 Å². The lowest BCUT2D eigenvalue weighted by Gasteiger charge is -2.26. The highest BCUT2D eigenvalue weighted by atomic mass is 16.3. The SMILES string of the molecule is CC(C)(C)C(N)CC(=O)NCC1(CCO)CC1. The molecule has 1 aliphatic carbocycles. The first-order chi connectivity index (χ1) is 7.79. The molecule has 4 N–H and O–H groups in total. The van der Waals surface area contributed by atoms with Gasteiger partial charge in [0.2, 0.25) is 5.91 Å². The summed E-state index contributed by atoms with van der Waals surface area (Å²) in [5.41, 5.74) is 6.10. The van der Waals surface area contributed by atoms with Crippen LogP contribution in [0.25, 0.3) is 0 Å². The first-order valence-electron chi connectivity index (χ1n) is 6.42. The number of nitrogens with two attached hydrogens (primary N) is 1. The first-order valence-corrected chi connectivity index (χ1v) is 6.42. The van der Waals surface area contributed by atoms with Crippen LogP contribution in [0, 0.1) is 10.8 Å². The van der Waals surface area contributed by atoms with Crippen molar-refractivity contribution in [3.05, 3.63) is 0 Å². The Hall–Kier alpha value is -0.610. The van der Waals surface area contributed by atoms with Crippen molar-refractivity contribution in [1.29, 1.82) is 0 Å². The molecule has 0 radical (unpaired) electrons. The molecule has 17 heavy (non-hydrogen) atoms. The average Bonchev–Trinajstić information content (AvgIpc) is 2.95. The van der Waals surface area contributed by atoms with E-state index in [-0.39, 0.29) is 29.4 Å². The molecule has 0 aromatic carbocycles. The lowest BCUT2D eigenvalue weighted by Crippen LogP contribution is -2.41. The van der Waals surface area contributed by atoms with Crippen LogP contribution in [-0.2, 0) is 4.79 Å². The van der Waals surface area contributed by atoms with E-state index in [4.69, 9.17) is 10.8 Å². The van der Waals surface area contributed by atoms with Gasteiger partial charge in [0.05, 0.1) is 0 Å². The highest BCUT2D eigenvalue weighted by molar-refractivity contribution is 5.76. The second kappa shape index (κ2) is 5.36. The van der Waals surface area contributed by atoms with Gasteiger partial charge < -0.3 is 16.2 Å². The van der Waals surface area contributed by atoms with Gasteiger partial charge in [-0.25, -0.2) is 0 Å². The Labute approximate surface area is 104 Å². The summed E-state index contributed by atoms with van der Waals surface area (Å²) in [5.74, 6) is 0.0247. The molecule has 4 heteroatoms. The van der Waals surface area contributed by atoms with Crippen molar-refractivity contribution in [3.63, 3.8) is 0 Å². The zero-order valence-electron chi connectivity index (χ0n) is 11.3. The van der Waals surface area contributed by atoms with Crippen molar-refractivity contribution in [2.75, 3.05) is 13.2 Å². The van der Waals surface area contributed by atoms with Crippen molar-refractivity contribution in [2.45, 2.75) is 52.5 Å². The van der Waals surface area contributed by atoms with Crippen LogP contribution in [0.2, 0.25) is 0 Å². The molecular weight excluding hydrogens is 216 g/mol. The lowest BCUT2D eigenvalue weighted by atomic mass is 9.85. The van der Waals surface area contributed by atoms with E-state index in [0.717, 1.165) is 19.3 Å². The second-order valence-electron chi connectivity index (χ2n) is 6.43. The summed E-state index contributed by atoms with van der Waals surface area (Å²) < 4.78 is 0. The normalized spacial score (nSPS) is 19.8. The summed E-state index contributed by atoms with van der Waals surface area (Å²) in [6.45, 7) is 7.01. The number of amides is 1. The van der Waals surface area contributed by atoms with Gasteiger partial charge in [-0.3, -0.25) is 4.79 Å². The maximum absolute atomic E-state index is 11.7. The van der Waals surface area contributed by atoms with Crippen LogP contribution in [-0.4, -0.2) is 30.2 Å². The number of aliphatic hydroxyl groups is 1. The summed E-state index contributed by atoms with van der Waals surface area (Å²) >= 11 is 0. The minimum absolute atomic E-state index is 0.0247. The molecule has 1 rings (SSSR count). The van der Waals surface area contributed by atoms with E-state index in [1.165, 1.54) is 0 Å². The number of aliphatic hydroxyl groups excluding tert-OH is 1. The highest BCUT2D eigenvalue weighted by Gasteiger charge is 2.41. The minimum atomic E-state index is -0.115. The van der Waals surface area contributed by atoms with E-state index >= 15 is 0 Å². The van der Waals surface area contributed by atoms with Gasteiger partial charge in [-0.1, -0.05) is 20.8 Å². The summed E-state index contributed by atoms with van der Waals surface area (Å²) in [7, 11) is 0. The molecule has 0 aromatic rings. The lowest BCUT2D eigenvalue weighted by molar-refractivity contribution is -0.122. The topological polar surface area (TPSA) is 75.4 Å². The summed E-state index contributed by atoms with van der Waals surface area (Å²) in [4.78, 5) is 11.7. The first kappa shape index (κ1) is 14.5. The van der Waals surface area contributed by atoms with Crippen molar-refractivity contribution in [1.82, 2.24) is 5.32 Å². The van der Waals surface area contributed by atoms with Crippen molar-refractivity contribution in [2.24, 2.45) is 16.6 Å². The van der Waals surface area contributed by atoms with Gasteiger partial charge in [0.15, 0.2) is 0 Å². The molecular formula is C13H26N2O2. The van der Waals surface area contributed by atoms with E-state index < -0.39 is 0 Å². The zero-order valence-corrected chi connectivity index (χ0v) is 11.3. The Balaban J connectivity index is 2.26. The Kier molecular flexibility index (Phi) is 4.55. The summed E-state index contributed by atoms with van der Waals surface area (Å²) in [6.07, 6.45) is 3.38. The van der Waals surface area contributed by atoms with Crippen LogP contribution in [0.3, 0.4) is 0 Å². The molecule has 1 aliphatic rings. The fourth-order valence-electron chi connectivity index (χ4n) is 1.79. The predicted octanol–water partition coefficient (Wildman–Crippen LogP) is 1.03. The van der Waals surface area contributed by atoms with E-state index in [1.807, 2.05) is 20.8 Å². The van der Waals surface area contributed by atoms with Crippen LogP contribution in [0.1, 0.15) is 46.5 Å². The van der Waals surface area contributed by atoms with E-state index in [0.29, 0.717) is 13.0 Å². The van der Waals surface area contributed by atoms with Crippen LogP contribution in [0.4, 0.5) is 0 Å². The standard InChI is InChI=1S/C13H26N2O2/c1-12(2,3)10(14)8-11(17)15-9-13(4-5-13)6-7-16/h10,16H,4-9,14H2,1-3H3,(H,15,17). The molecule has 1 unspecified atom stereocenters. The van der Waals surface area contributed by atoms with Crippen molar-refractivity contribution < 1.29 is 9.90 Å². The third kappa shape index (κ3) is 4.64. The fraction of sp³-hybridized carbons (Fsp3) is 0.923. The number of nitrogens with one attached hydrogen (secondary N) is 1. The Morgan fingerprint density at radius 3 is 2.47 bits per heavy atom. The molecule has 4 nitrogen and oxygen atoms in total. The third-order valence-electron chi connectivity index (χ3n) is 3.78. The predicted molar refractivity (Wildman–Crippen MR) is 68.4 cm³/mol. The van der Waals surface area contributed by atoms with Crippen LogP contribution >= 0.6 is 0 Å². The molecule has 1 amide bonds. The molecule has 1 saturated carbocycles. The van der Waals surface area contributed by atoms with Crippen molar-refractivity contribution in [3.8, 4) is 0 Å². The quantitative estimate of drug-likeness (QED) is 0.651. The number of rotatable bonds is 6. The molecule has 100 valence electrons. The molecule has 1 atom stereocenters. The zero-order chi connectivity index (χ0) is 13.1.